The number of alkyl halides is 5. The van der Waals surface area contributed by atoms with Crippen LogP contribution < -0.4 is 0 Å². The third kappa shape index (κ3) is 2.47. The maximum absolute atomic E-state index is 13.2. The molecule has 0 radical (unpaired) electrons. The van der Waals surface area contributed by atoms with Crippen LogP contribution in [0.3, 0.4) is 0 Å². The van der Waals surface area contributed by atoms with Crippen LogP contribution in [0.4, 0.5) is 22.0 Å². The van der Waals surface area contributed by atoms with Crippen LogP contribution in [0.5, 0.6) is 0 Å². The van der Waals surface area contributed by atoms with Gasteiger partial charge in [0.15, 0.2) is 5.60 Å². The topological polar surface area (TPSA) is 35.5 Å². The minimum atomic E-state index is -5.75. The van der Waals surface area contributed by atoms with Gasteiger partial charge in [-0.1, -0.05) is 6.08 Å². The first-order valence-corrected chi connectivity index (χ1v) is 5.04. The second-order valence-electron chi connectivity index (χ2n) is 3.77. The molecule has 0 aliphatic carbocycles. The molecule has 1 unspecified atom stereocenters. The number of allylic oxidation sites excluding steroid dienone is 1. The summed E-state index contributed by atoms with van der Waals surface area (Å²) in [6.45, 7) is 0.108. The van der Waals surface area contributed by atoms with Crippen LogP contribution in [0.15, 0.2) is 12.2 Å². The fourth-order valence-corrected chi connectivity index (χ4v) is 1.43. The molecule has 104 valence electrons. The van der Waals surface area contributed by atoms with Crippen molar-refractivity contribution < 1.29 is 36.2 Å². The smallest absolute Gasteiger partial charge is 0.456 e. The van der Waals surface area contributed by atoms with Gasteiger partial charge in [-0.3, -0.25) is 0 Å². The molecule has 1 fully saturated rings. The molecular weight excluding hydrogens is 263 g/mol. The molecule has 0 N–H and O–H groups in total. The molecule has 18 heavy (non-hydrogen) atoms. The molecule has 0 aromatic heterocycles. The predicted octanol–water partition coefficient (Wildman–Crippen LogP) is 2.46. The molecule has 3 nitrogen and oxygen atoms in total. The zero-order valence-electron chi connectivity index (χ0n) is 9.39. The summed E-state index contributed by atoms with van der Waals surface area (Å²) in [6.07, 6.45) is -4.08. The molecule has 1 aliphatic rings. The van der Waals surface area contributed by atoms with Gasteiger partial charge in [-0.05, 0) is 6.92 Å². The van der Waals surface area contributed by atoms with Gasteiger partial charge in [-0.15, -0.1) is 0 Å². The molecule has 0 bridgehead atoms. The molecule has 1 aliphatic heterocycles. The van der Waals surface area contributed by atoms with E-state index in [0.717, 1.165) is 6.08 Å². The number of carbonyl (C=O) groups is 1. The monoisotopic (exact) mass is 274 g/mol. The first kappa shape index (κ1) is 14.9. The molecule has 1 heterocycles. The highest BCUT2D eigenvalue weighted by molar-refractivity contribution is 5.81. The average Bonchev–Trinajstić information content (AvgIpc) is 2.14. The van der Waals surface area contributed by atoms with Crippen LogP contribution in [0.2, 0.25) is 0 Å². The van der Waals surface area contributed by atoms with Gasteiger partial charge in [0.1, 0.15) is 6.61 Å². The average molecular weight is 274 g/mol. The zero-order chi connectivity index (χ0) is 14.0. The lowest BCUT2D eigenvalue weighted by Gasteiger charge is -2.46. The quantitative estimate of drug-likeness (QED) is 0.449. The van der Waals surface area contributed by atoms with Gasteiger partial charge in [-0.2, -0.15) is 22.0 Å². The lowest BCUT2D eigenvalue weighted by Crippen LogP contribution is -2.66. The van der Waals surface area contributed by atoms with Crippen molar-refractivity contribution >= 4 is 5.97 Å². The van der Waals surface area contributed by atoms with E-state index in [1.165, 1.54) is 13.0 Å². The SMILES string of the molecule is CC=CC(=O)OCC1(C(F)(F)C(F)(F)F)CCO1. The van der Waals surface area contributed by atoms with Crippen LogP contribution >= 0.6 is 0 Å². The van der Waals surface area contributed by atoms with Gasteiger partial charge in [0, 0.05) is 12.5 Å². The Morgan fingerprint density at radius 1 is 1.39 bits per heavy atom. The van der Waals surface area contributed by atoms with Crippen molar-refractivity contribution in [2.75, 3.05) is 13.2 Å². The molecule has 1 rings (SSSR count). The first-order valence-electron chi connectivity index (χ1n) is 5.04. The van der Waals surface area contributed by atoms with Gasteiger partial charge < -0.3 is 9.47 Å². The largest absolute Gasteiger partial charge is 0.459 e. The van der Waals surface area contributed by atoms with Crippen LogP contribution in [0, 0.1) is 0 Å². The van der Waals surface area contributed by atoms with E-state index in [0.29, 0.717) is 0 Å². The Hall–Kier alpha value is -1.18. The Kier molecular flexibility index (Phi) is 3.99. The summed E-state index contributed by atoms with van der Waals surface area (Å²) in [5.41, 5.74) is -2.80. The van der Waals surface area contributed by atoms with E-state index in [2.05, 4.69) is 9.47 Å². The van der Waals surface area contributed by atoms with E-state index in [9.17, 15) is 26.7 Å². The fourth-order valence-electron chi connectivity index (χ4n) is 1.43. The third-order valence-electron chi connectivity index (χ3n) is 2.56. The molecular formula is C10H11F5O3. The highest BCUT2D eigenvalue weighted by Gasteiger charge is 2.73. The van der Waals surface area contributed by atoms with Gasteiger partial charge in [0.25, 0.3) is 0 Å². The maximum atomic E-state index is 13.2. The Labute approximate surface area is 99.5 Å². The summed E-state index contributed by atoms with van der Waals surface area (Å²) >= 11 is 0. The normalized spacial score (nSPS) is 25.0. The van der Waals surface area contributed by atoms with Crippen molar-refractivity contribution in [1.82, 2.24) is 0 Å². The van der Waals surface area contributed by atoms with Crippen molar-refractivity contribution in [2.24, 2.45) is 0 Å². The van der Waals surface area contributed by atoms with Gasteiger partial charge in [0.2, 0.25) is 0 Å². The van der Waals surface area contributed by atoms with E-state index in [1.807, 2.05) is 0 Å². The minimum Gasteiger partial charge on any atom is -0.459 e. The number of carbonyl (C=O) groups excluding carboxylic acids is 1. The standard InChI is InChI=1S/C10H11F5O3/c1-2-3-7(16)17-6-8(4-5-18-8)9(11,12)10(13,14)15/h2-3H,4-6H2,1H3. The van der Waals surface area contributed by atoms with Crippen molar-refractivity contribution in [3.05, 3.63) is 12.2 Å². The van der Waals surface area contributed by atoms with E-state index in [1.54, 1.807) is 0 Å². The van der Waals surface area contributed by atoms with Gasteiger partial charge in [0.05, 0.1) is 6.61 Å². The number of halogens is 5. The van der Waals surface area contributed by atoms with E-state index in [-0.39, 0.29) is 6.61 Å². The van der Waals surface area contributed by atoms with Crippen LogP contribution in [-0.4, -0.2) is 36.9 Å². The summed E-state index contributed by atoms with van der Waals surface area (Å²) < 4.78 is 71.8. The summed E-state index contributed by atoms with van der Waals surface area (Å²) in [4.78, 5) is 10.9. The molecule has 0 aromatic rings. The van der Waals surface area contributed by atoms with E-state index >= 15 is 0 Å². The zero-order valence-corrected chi connectivity index (χ0v) is 9.39. The number of ether oxygens (including phenoxy) is 2. The summed E-state index contributed by atoms with van der Waals surface area (Å²) in [7, 11) is 0. The van der Waals surface area contributed by atoms with Crippen LogP contribution in [0.25, 0.3) is 0 Å². The Morgan fingerprint density at radius 2 is 1.94 bits per heavy atom. The summed E-state index contributed by atoms with van der Waals surface area (Å²) in [5, 5.41) is 0. The van der Waals surface area contributed by atoms with Gasteiger partial charge in [-0.25, -0.2) is 4.79 Å². The molecule has 1 saturated heterocycles. The number of hydrogen-bond acceptors (Lipinski definition) is 3. The maximum Gasteiger partial charge on any atom is 0.456 e. The number of esters is 1. The molecule has 0 spiro atoms. The molecule has 0 saturated carbocycles. The van der Waals surface area contributed by atoms with Crippen molar-refractivity contribution in [3.8, 4) is 0 Å². The Balaban J connectivity index is 2.78. The second kappa shape index (κ2) is 4.83. The Bertz CT molecular complexity index is 344. The van der Waals surface area contributed by atoms with Gasteiger partial charge >= 0.3 is 18.1 Å². The highest BCUT2D eigenvalue weighted by Crippen LogP contribution is 2.50. The lowest BCUT2D eigenvalue weighted by molar-refractivity contribution is -0.382. The molecule has 1 atom stereocenters. The lowest BCUT2D eigenvalue weighted by atomic mass is 9.87. The Morgan fingerprint density at radius 3 is 2.28 bits per heavy atom. The van der Waals surface area contributed by atoms with E-state index in [4.69, 9.17) is 0 Å². The minimum absolute atomic E-state index is 0.229. The summed E-state index contributed by atoms with van der Waals surface area (Å²) in [6, 6.07) is 0. The van der Waals surface area contributed by atoms with Crippen molar-refractivity contribution in [2.45, 2.75) is 31.0 Å². The highest BCUT2D eigenvalue weighted by atomic mass is 19.4. The molecule has 0 aromatic carbocycles. The van der Waals surface area contributed by atoms with E-state index < -0.39 is 36.7 Å². The number of hydrogen-bond donors (Lipinski definition) is 0. The number of rotatable bonds is 4. The van der Waals surface area contributed by atoms with Crippen molar-refractivity contribution in [3.63, 3.8) is 0 Å². The fraction of sp³-hybridized carbons (Fsp3) is 0.700. The summed E-state index contributed by atoms with van der Waals surface area (Å²) in [5.74, 6) is -6.06. The predicted molar refractivity (Wildman–Crippen MR) is 50.1 cm³/mol. The van der Waals surface area contributed by atoms with Crippen LogP contribution in [-0.2, 0) is 14.3 Å². The first-order chi connectivity index (χ1) is 8.16. The third-order valence-corrected chi connectivity index (χ3v) is 2.56. The second-order valence-corrected chi connectivity index (χ2v) is 3.77. The molecule has 0 amide bonds. The van der Waals surface area contributed by atoms with Crippen LogP contribution in [0.1, 0.15) is 13.3 Å². The van der Waals surface area contributed by atoms with Crippen molar-refractivity contribution in [1.29, 1.82) is 0 Å². The molecule has 8 heteroatoms.